The number of carbonyl (C=O) groups excluding carboxylic acids is 1. The maximum Gasteiger partial charge on any atom is 0.230 e. The Kier molecular flexibility index (Phi) is 9.20. The van der Waals surface area contributed by atoms with Crippen molar-refractivity contribution in [3.05, 3.63) is 69.3 Å². The third kappa shape index (κ3) is 5.96. The van der Waals surface area contributed by atoms with Gasteiger partial charge in [-0.3, -0.25) is 4.79 Å². The van der Waals surface area contributed by atoms with E-state index >= 15 is 0 Å². The Morgan fingerprint density at radius 1 is 1.05 bits per heavy atom. The highest BCUT2D eigenvalue weighted by Gasteiger charge is 2.53. The number of carbonyl (C=O) groups is 1. The van der Waals surface area contributed by atoms with Gasteiger partial charge in [-0.25, -0.2) is 8.78 Å². The van der Waals surface area contributed by atoms with Gasteiger partial charge in [-0.05, 0) is 104 Å². The first kappa shape index (κ1) is 29.1. The maximum atomic E-state index is 14.4. The molecule has 3 aliphatic rings. The lowest BCUT2D eigenvalue weighted by atomic mass is 9.75. The summed E-state index contributed by atoms with van der Waals surface area (Å²) >= 11 is 0. The Labute approximate surface area is 236 Å². The van der Waals surface area contributed by atoms with Gasteiger partial charge in [-0.1, -0.05) is 12.1 Å². The minimum atomic E-state index is -0.943. The molecular weight excluding hydrogens is 514 g/mol. The van der Waals surface area contributed by atoms with E-state index in [0.717, 1.165) is 38.5 Å². The largest absolute Gasteiger partial charge is 0.385 e. The summed E-state index contributed by atoms with van der Waals surface area (Å²) in [6, 6.07) is 7.22. The van der Waals surface area contributed by atoms with Crippen LogP contribution in [0.15, 0.2) is 24.3 Å². The number of nitrogens with one attached hydrogen (secondary N) is 1. The van der Waals surface area contributed by atoms with Crippen molar-refractivity contribution >= 4 is 5.91 Å². The zero-order valence-corrected chi connectivity index (χ0v) is 24.0. The summed E-state index contributed by atoms with van der Waals surface area (Å²) in [7, 11) is 3.45. The molecule has 0 bridgehead atoms. The summed E-state index contributed by atoms with van der Waals surface area (Å²) in [6.45, 7) is 5.38. The smallest absolute Gasteiger partial charge is 0.230 e. The number of hydrogen-bond acceptors (Lipinski definition) is 5. The van der Waals surface area contributed by atoms with Crippen molar-refractivity contribution in [2.75, 3.05) is 40.5 Å². The third-order valence-corrected chi connectivity index (χ3v) is 8.87. The molecule has 2 aromatic rings. The summed E-state index contributed by atoms with van der Waals surface area (Å²) in [5, 5.41) is 3.37. The van der Waals surface area contributed by atoms with Crippen LogP contribution in [0, 0.1) is 24.5 Å². The predicted molar refractivity (Wildman–Crippen MR) is 149 cm³/mol. The van der Waals surface area contributed by atoms with Crippen LogP contribution in [0.4, 0.5) is 8.78 Å². The molecular formula is C32H42F2N2O4. The van der Waals surface area contributed by atoms with Crippen molar-refractivity contribution in [2.45, 2.75) is 76.7 Å². The summed E-state index contributed by atoms with van der Waals surface area (Å²) in [4.78, 5) is 16.4. The van der Waals surface area contributed by atoms with Crippen LogP contribution in [0.3, 0.4) is 0 Å². The third-order valence-electron chi connectivity index (χ3n) is 8.87. The second-order valence-electron chi connectivity index (χ2n) is 11.5. The van der Waals surface area contributed by atoms with Crippen LogP contribution in [0.25, 0.3) is 0 Å². The minimum Gasteiger partial charge on any atom is -0.385 e. The van der Waals surface area contributed by atoms with Crippen molar-refractivity contribution in [3.8, 4) is 0 Å². The topological polar surface area (TPSA) is 60.0 Å². The van der Waals surface area contributed by atoms with Gasteiger partial charge in [0.05, 0.1) is 12.5 Å². The average molecular weight is 557 g/mol. The summed E-state index contributed by atoms with van der Waals surface area (Å²) in [5.74, 6) is -2.26. The molecule has 2 aliphatic heterocycles. The van der Waals surface area contributed by atoms with Gasteiger partial charge in [0.15, 0.2) is 11.6 Å². The summed E-state index contributed by atoms with van der Waals surface area (Å²) < 4.78 is 45.4. The van der Waals surface area contributed by atoms with E-state index in [-0.39, 0.29) is 18.6 Å². The van der Waals surface area contributed by atoms with Crippen molar-refractivity contribution in [1.29, 1.82) is 0 Å². The Morgan fingerprint density at radius 2 is 1.75 bits per heavy atom. The van der Waals surface area contributed by atoms with Crippen LogP contribution in [-0.4, -0.2) is 57.4 Å². The number of piperidine rings is 1. The molecule has 1 saturated carbocycles. The second kappa shape index (κ2) is 12.6. The lowest BCUT2D eigenvalue weighted by molar-refractivity contribution is -0.157. The van der Waals surface area contributed by atoms with Crippen LogP contribution in [0.2, 0.25) is 0 Å². The van der Waals surface area contributed by atoms with E-state index in [1.54, 1.807) is 14.2 Å². The van der Waals surface area contributed by atoms with Gasteiger partial charge in [0.1, 0.15) is 5.60 Å². The summed E-state index contributed by atoms with van der Waals surface area (Å²) in [5.41, 5.74) is 5.27. The normalized spacial score (nSPS) is 22.1. The number of halogens is 2. The number of aryl methyl sites for hydroxylation is 2. The van der Waals surface area contributed by atoms with E-state index in [0.29, 0.717) is 50.4 Å². The van der Waals surface area contributed by atoms with Crippen LogP contribution >= 0.6 is 0 Å². The maximum absolute atomic E-state index is 14.4. The molecule has 0 radical (unpaired) electrons. The van der Waals surface area contributed by atoms with Gasteiger partial charge in [-0.2, -0.15) is 0 Å². The highest BCUT2D eigenvalue weighted by Crippen LogP contribution is 2.48. The molecule has 218 valence electrons. The Bertz CT molecular complexity index is 1220. The van der Waals surface area contributed by atoms with Gasteiger partial charge >= 0.3 is 0 Å². The molecule has 1 unspecified atom stereocenters. The predicted octanol–water partition coefficient (Wildman–Crippen LogP) is 4.96. The number of nitrogens with zero attached hydrogens (tertiary/aromatic N) is 1. The fourth-order valence-corrected chi connectivity index (χ4v) is 6.49. The van der Waals surface area contributed by atoms with Gasteiger partial charge in [0, 0.05) is 46.6 Å². The fraction of sp³-hybridized carbons (Fsp3) is 0.594. The first-order valence-electron chi connectivity index (χ1n) is 14.6. The molecule has 2 atom stereocenters. The van der Waals surface area contributed by atoms with E-state index in [1.807, 2.05) is 4.90 Å². The summed E-state index contributed by atoms with van der Waals surface area (Å²) in [6.07, 6.45) is 6.20. The zero-order chi connectivity index (χ0) is 28.3. The van der Waals surface area contributed by atoms with E-state index in [1.165, 1.54) is 34.4 Å². The van der Waals surface area contributed by atoms with Crippen LogP contribution in [0.1, 0.15) is 65.5 Å². The second-order valence-corrected chi connectivity index (χ2v) is 11.5. The average Bonchev–Trinajstić information content (AvgIpc) is 3.74. The lowest BCUT2D eigenvalue weighted by Gasteiger charge is -2.43. The quantitative estimate of drug-likeness (QED) is 0.375. The van der Waals surface area contributed by atoms with Crippen molar-refractivity contribution in [1.82, 2.24) is 10.2 Å². The van der Waals surface area contributed by atoms with Crippen molar-refractivity contribution < 1.29 is 27.8 Å². The number of rotatable bonds is 12. The SMILES string of the molecule is COCCCc1cc(CCCOC)c(C)c(CN(C(=O)C2CNCC[C@@]23OCc2cc(F)c(F)cc23)C2CC2)c1. The first-order chi connectivity index (χ1) is 19.4. The minimum absolute atomic E-state index is 0.0254. The van der Waals surface area contributed by atoms with E-state index in [9.17, 15) is 13.6 Å². The molecule has 1 amide bonds. The molecule has 0 aromatic heterocycles. The molecule has 40 heavy (non-hydrogen) atoms. The molecule has 1 aliphatic carbocycles. The number of ether oxygens (including phenoxy) is 3. The molecule has 5 rings (SSSR count). The molecule has 1 saturated heterocycles. The van der Waals surface area contributed by atoms with Gasteiger partial charge < -0.3 is 24.4 Å². The van der Waals surface area contributed by atoms with Gasteiger partial charge in [0.25, 0.3) is 0 Å². The highest BCUT2D eigenvalue weighted by molar-refractivity contribution is 5.82. The molecule has 2 fully saturated rings. The lowest BCUT2D eigenvalue weighted by Crippen LogP contribution is -2.55. The number of fused-ring (bicyclic) bond motifs is 2. The molecule has 2 heterocycles. The van der Waals surface area contributed by atoms with Gasteiger partial charge in [0.2, 0.25) is 5.91 Å². The molecule has 1 N–H and O–H groups in total. The molecule has 6 nitrogen and oxygen atoms in total. The standard InChI is InChI=1S/C32H42F2N2O4/c1-21-23(7-5-13-39-3)14-22(6-4-12-38-2)15-24(21)19-36(26-8-9-26)31(37)28-18-35-11-10-32(28)27-17-30(34)29(33)16-25(27)20-40-32/h14-17,26,28,35H,4-13,18-20H2,1-3H3/t28?,32-/m0/s1. The monoisotopic (exact) mass is 556 g/mol. The van der Waals surface area contributed by atoms with Crippen LogP contribution < -0.4 is 5.32 Å². The first-order valence-corrected chi connectivity index (χ1v) is 14.6. The number of methoxy groups -OCH3 is 2. The molecule has 2 aromatic carbocycles. The van der Waals surface area contributed by atoms with Crippen molar-refractivity contribution in [3.63, 3.8) is 0 Å². The Balaban J connectivity index is 1.44. The Morgan fingerprint density at radius 3 is 2.48 bits per heavy atom. The number of hydrogen-bond donors (Lipinski definition) is 1. The fourth-order valence-electron chi connectivity index (χ4n) is 6.49. The van der Waals surface area contributed by atoms with E-state index < -0.39 is 23.2 Å². The van der Waals surface area contributed by atoms with E-state index in [4.69, 9.17) is 14.2 Å². The Hall–Kier alpha value is -2.39. The molecule has 1 spiro atoms. The number of benzene rings is 2. The van der Waals surface area contributed by atoms with Crippen LogP contribution in [-0.2, 0) is 50.6 Å². The number of amides is 1. The van der Waals surface area contributed by atoms with Crippen LogP contribution in [0.5, 0.6) is 0 Å². The zero-order valence-electron chi connectivity index (χ0n) is 24.0. The highest BCUT2D eigenvalue weighted by atomic mass is 19.2. The van der Waals surface area contributed by atoms with Gasteiger partial charge in [-0.15, -0.1) is 0 Å². The van der Waals surface area contributed by atoms with E-state index in [2.05, 4.69) is 24.4 Å². The molecule has 8 heteroatoms. The van der Waals surface area contributed by atoms with Crippen molar-refractivity contribution in [2.24, 2.45) is 5.92 Å².